The Hall–Kier alpha value is -3.61. The Labute approximate surface area is 181 Å². The van der Waals surface area contributed by atoms with E-state index < -0.39 is 0 Å². The Morgan fingerprint density at radius 1 is 1.26 bits per heavy atom. The molecule has 0 aliphatic rings. The number of methoxy groups -OCH3 is 1. The van der Waals surface area contributed by atoms with Gasteiger partial charge in [0.15, 0.2) is 5.65 Å². The monoisotopic (exact) mass is 418 g/mol. The predicted molar refractivity (Wildman–Crippen MR) is 119 cm³/mol. The third kappa shape index (κ3) is 4.30. The van der Waals surface area contributed by atoms with Gasteiger partial charge in [-0.2, -0.15) is 5.10 Å². The number of nitrogens with one attached hydrogen (secondary N) is 1. The molecule has 0 unspecified atom stereocenters. The Bertz CT molecular complexity index is 1210. The summed E-state index contributed by atoms with van der Waals surface area (Å²) in [5, 5.41) is 8.37. The van der Waals surface area contributed by atoms with Crippen molar-refractivity contribution >= 4 is 16.9 Å². The highest BCUT2D eigenvalue weighted by atomic mass is 16.5. The normalized spacial score (nSPS) is 12.1. The van der Waals surface area contributed by atoms with Crippen molar-refractivity contribution in [2.75, 3.05) is 7.11 Å². The molecule has 0 spiro atoms. The number of rotatable bonds is 7. The van der Waals surface area contributed by atoms with Gasteiger partial charge in [-0.1, -0.05) is 12.1 Å². The van der Waals surface area contributed by atoms with Crippen molar-refractivity contribution in [3.63, 3.8) is 0 Å². The molecule has 0 saturated heterocycles. The van der Waals surface area contributed by atoms with Gasteiger partial charge in [0.1, 0.15) is 11.5 Å². The van der Waals surface area contributed by atoms with Crippen LogP contribution in [-0.4, -0.2) is 33.8 Å². The number of amides is 1. The maximum absolute atomic E-state index is 13.3. The second kappa shape index (κ2) is 8.63. The zero-order valence-corrected chi connectivity index (χ0v) is 18.2. The number of carbonyl (C=O) groups is 1. The van der Waals surface area contributed by atoms with Gasteiger partial charge in [0.25, 0.3) is 5.91 Å². The van der Waals surface area contributed by atoms with Gasteiger partial charge in [0, 0.05) is 25.1 Å². The Balaban J connectivity index is 1.67. The highest BCUT2D eigenvalue weighted by molar-refractivity contribution is 6.07. The molecule has 0 radical (unpaired) electrons. The molecule has 1 aromatic carbocycles. The summed E-state index contributed by atoms with van der Waals surface area (Å²) >= 11 is 0. The Kier molecular flexibility index (Phi) is 5.75. The van der Waals surface area contributed by atoms with Gasteiger partial charge < -0.3 is 14.5 Å². The van der Waals surface area contributed by atoms with Crippen molar-refractivity contribution in [1.29, 1.82) is 0 Å². The number of carbonyl (C=O) groups excluding carboxylic acids is 1. The summed E-state index contributed by atoms with van der Waals surface area (Å²) in [5.74, 6) is 1.51. The SMILES string of the molecule is COc1cccc(-c2cc(C(=O)N[C@H](C)CCc3ccco3)c3c(C)nn(C)c3n2)c1. The first kappa shape index (κ1) is 20.7. The van der Waals surface area contributed by atoms with Crippen molar-refractivity contribution in [2.24, 2.45) is 7.05 Å². The van der Waals surface area contributed by atoms with Gasteiger partial charge >= 0.3 is 0 Å². The summed E-state index contributed by atoms with van der Waals surface area (Å²) in [7, 11) is 3.47. The summed E-state index contributed by atoms with van der Waals surface area (Å²) < 4.78 is 12.5. The van der Waals surface area contributed by atoms with Crippen LogP contribution in [0.4, 0.5) is 0 Å². The molecule has 7 heteroatoms. The molecule has 31 heavy (non-hydrogen) atoms. The molecule has 7 nitrogen and oxygen atoms in total. The lowest BCUT2D eigenvalue weighted by Gasteiger charge is -2.15. The van der Waals surface area contributed by atoms with Gasteiger partial charge in [-0.15, -0.1) is 0 Å². The van der Waals surface area contributed by atoms with Crippen LogP contribution in [0.25, 0.3) is 22.3 Å². The van der Waals surface area contributed by atoms with E-state index in [0.29, 0.717) is 16.9 Å². The van der Waals surface area contributed by atoms with Crippen LogP contribution in [0.5, 0.6) is 5.75 Å². The predicted octanol–water partition coefficient (Wildman–Crippen LogP) is 4.30. The first-order valence-electron chi connectivity index (χ1n) is 10.3. The molecule has 1 N–H and O–H groups in total. The van der Waals surface area contributed by atoms with Crippen LogP contribution in [-0.2, 0) is 13.5 Å². The second-order valence-corrected chi connectivity index (χ2v) is 7.69. The van der Waals surface area contributed by atoms with E-state index in [-0.39, 0.29) is 11.9 Å². The highest BCUT2D eigenvalue weighted by Crippen LogP contribution is 2.28. The number of ether oxygens (including phenoxy) is 1. The Morgan fingerprint density at radius 3 is 2.84 bits per heavy atom. The average Bonchev–Trinajstić information content (AvgIpc) is 3.39. The number of aromatic nitrogens is 3. The highest BCUT2D eigenvalue weighted by Gasteiger charge is 2.20. The van der Waals surface area contributed by atoms with Crippen LogP contribution in [0.1, 0.15) is 35.2 Å². The van der Waals surface area contributed by atoms with Crippen LogP contribution < -0.4 is 10.1 Å². The van der Waals surface area contributed by atoms with Crippen LogP contribution in [0.2, 0.25) is 0 Å². The lowest BCUT2D eigenvalue weighted by Crippen LogP contribution is -2.33. The molecule has 4 rings (SSSR count). The number of fused-ring (bicyclic) bond motifs is 1. The van der Waals surface area contributed by atoms with Gasteiger partial charge in [-0.05, 0) is 50.6 Å². The number of furan rings is 1. The van der Waals surface area contributed by atoms with E-state index in [0.717, 1.165) is 41.0 Å². The van der Waals surface area contributed by atoms with E-state index in [4.69, 9.17) is 14.1 Å². The van der Waals surface area contributed by atoms with Crippen LogP contribution in [0, 0.1) is 6.92 Å². The minimum Gasteiger partial charge on any atom is -0.497 e. The minimum atomic E-state index is -0.139. The van der Waals surface area contributed by atoms with Crippen molar-refractivity contribution < 1.29 is 13.9 Å². The Morgan fingerprint density at radius 2 is 2.10 bits per heavy atom. The van der Waals surface area contributed by atoms with Gasteiger partial charge in [-0.3, -0.25) is 9.48 Å². The number of aryl methyl sites for hydroxylation is 3. The fraction of sp³-hybridized carbons (Fsp3) is 0.292. The quantitative estimate of drug-likeness (QED) is 0.484. The average molecular weight is 418 g/mol. The summed E-state index contributed by atoms with van der Waals surface area (Å²) in [6.45, 7) is 3.89. The fourth-order valence-corrected chi connectivity index (χ4v) is 3.74. The molecule has 0 aliphatic heterocycles. The fourth-order valence-electron chi connectivity index (χ4n) is 3.74. The molecule has 160 valence electrons. The molecular weight excluding hydrogens is 392 g/mol. The number of hydrogen-bond acceptors (Lipinski definition) is 5. The van der Waals surface area contributed by atoms with E-state index in [1.165, 1.54) is 0 Å². The summed E-state index contributed by atoms with van der Waals surface area (Å²) in [5.41, 5.74) is 3.59. The molecule has 3 aromatic heterocycles. The maximum Gasteiger partial charge on any atom is 0.252 e. The van der Waals surface area contributed by atoms with Gasteiger partial charge in [0.05, 0.1) is 35.7 Å². The third-order valence-electron chi connectivity index (χ3n) is 5.36. The first-order valence-corrected chi connectivity index (χ1v) is 10.3. The molecular formula is C24H26N4O3. The van der Waals surface area contributed by atoms with E-state index >= 15 is 0 Å². The van der Waals surface area contributed by atoms with Crippen molar-refractivity contribution in [3.8, 4) is 17.0 Å². The minimum absolute atomic E-state index is 0.0157. The van der Waals surface area contributed by atoms with Crippen LogP contribution in [0.3, 0.4) is 0 Å². The summed E-state index contributed by atoms with van der Waals surface area (Å²) in [6, 6.07) is 13.3. The zero-order chi connectivity index (χ0) is 22.0. The second-order valence-electron chi connectivity index (χ2n) is 7.69. The van der Waals surface area contributed by atoms with Crippen LogP contribution >= 0.6 is 0 Å². The molecule has 0 bridgehead atoms. The van der Waals surface area contributed by atoms with Crippen molar-refractivity contribution in [2.45, 2.75) is 32.7 Å². The van der Waals surface area contributed by atoms with Gasteiger partial charge in [0.2, 0.25) is 0 Å². The number of benzene rings is 1. The standard InChI is InChI=1S/C24H26N4O3/c1-15(10-11-18-9-6-12-31-18)25-24(29)20-14-21(17-7-5-8-19(13-17)30-4)26-23-22(20)16(2)27-28(23)3/h5-9,12-15H,10-11H2,1-4H3,(H,25,29)/t15-/m1/s1. The lowest BCUT2D eigenvalue weighted by atomic mass is 10.0. The molecule has 0 saturated carbocycles. The van der Waals surface area contributed by atoms with E-state index in [9.17, 15) is 4.79 Å². The zero-order valence-electron chi connectivity index (χ0n) is 18.2. The van der Waals surface area contributed by atoms with E-state index in [1.807, 2.05) is 63.4 Å². The summed E-state index contributed by atoms with van der Waals surface area (Å²) in [6.07, 6.45) is 3.21. The molecule has 0 fully saturated rings. The molecule has 4 aromatic rings. The smallest absolute Gasteiger partial charge is 0.252 e. The molecule has 1 atom stereocenters. The summed E-state index contributed by atoms with van der Waals surface area (Å²) in [4.78, 5) is 18.1. The molecule has 3 heterocycles. The number of pyridine rings is 1. The van der Waals surface area contributed by atoms with E-state index in [1.54, 1.807) is 18.1 Å². The molecule has 0 aliphatic carbocycles. The molecule has 1 amide bonds. The third-order valence-corrected chi connectivity index (χ3v) is 5.36. The van der Waals surface area contributed by atoms with Crippen LogP contribution in [0.15, 0.2) is 53.1 Å². The van der Waals surface area contributed by atoms with Gasteiger partial charge in [-0.25, -0.2) is 4.98 Å². The largest absolute Gasteiger partial charge is 0.497 e. The lowest BCUT2D eigenvalue weighted by molar-refractivity contribution is 0.0939. The maximum atomic E-state index is 13.3. The number of hydrogen-bond donors (Lipinski definition) is 1. The van der Waals surface area contributed by atoms with Crippen molar-refractivity contribution in [3.05, 3.63) is 65.7 Å². The first-order chi connectivity index (χ1) is 15.0. The number of nitrogens with zero attached hydrogens (tertiary/aromatic N) is 3. The van der Waals surface area contributed by atoms with E-state index in [2.05, 4.69) is 10.4 Å². The van der Waals surface area contributed by atoms with Crippen molar-refractivity contribution in [1.82, 2.24) is 20.1 Å². The topological polar surface area (TPSA) is 82.2 Å².